The average molecular weight is 241 g/mol. The van der Waals surface area contributed by atoms with Crippen molar-refractivity contribution in [1.29, 1.82) is 0 Å². The van der Waals surface area contributed by atoms with E-state index >= 15 is 0 Å². The highest BCUT2D eigenvalue weighted by Crippen LogP contribution is 2.16. The number of ether oxygens (including phenoxy) is 1. The molecule has 0 spiro atoms. The Morgan fingerprint density at radius 3 is 2.38 bits per heavy atom. The van der Waals surface area contributed by atoms with Gasteiger partial charge in [-0.3, -0.25) is 4.79 Å². The van der Waals surface area contributed by atoms with Crippen LogP contribution in [0.3, 0.4) is 0 Å². The molecule has 0 aliphatic rings. The summed E-state index contributed by atoms with van der Waals surface area (Å²) < 4.78 is 4.61. The van der Waals surface area contributed by atoms with Crippen LogP contribution in [0.1, 0.15) is 34.1 Å². The Morgan fingerprint density at radius 2 is 1.88 bits per heavy atom. The molecular formula is C12H13ClO3. The van der Waals surface area contributed by atoms with E-state index in [4.69, 9.17) is 11.6 Å². The van der Waals surface area contributed by atoms with E-state index in [1.807, 2.05) is 6.92 Å². The van der Waals surface area contributed by atoms with Gasteiger partial charge in [-0.05, 0) is 12.5 Å². The first-order chi connectivity index (χ1) is 7.61. The molecule has 0 amide bonds. The van der Waals surface area contributed by atoms with Crippen LogP contribution in [-0.4, -0.2) is 24.2 Å². The van der Waals surface area contributed by atoms with E-state index in [0.717, 1.165) is 0 Å². The fourth-order valence-corrected chi connectivity index (χ4v) is 1.46. The van der Waals surface area contributed by atoms with Gasteiger partial charge in [0.1, 0.15) is 0 Å². The monoisotopic (exact) mass is 240 g/mol. The Labute approximate surface area is 99.4 Å². The third-order valence-corrected chi connectivity index (χ3v) is 2.75. The van der Waals surface area contributed by atoms with Gasteiger partial charge in [0.15, 0.2) is 5.78 Å². The van der Waals surface area contributed by atoms with Crippen LogP contribution in [0.5, 0.6) is 0 Å². The van der Waals surface area contributed by atoms with Gasteiger partial charge in [0.25, 0.3) is 0 Å². The molecule has 1 atom stereocenters. The second-order valence-electron chi connectivity index (χ2n) is 3.28. The van der Waals surface area contributed by atoms with Gasteiger partial charge in [-0.1, -0.05) is 25.1 Å². The molecule has 86 valence electrons. The van der Waals surface area contributed by atoms with Crippen molar-refractivity contribution < 1.29 is 14.3 Å². The number of rotatable bonds is 4. The van der Waals surface area contributed by atoms with E-state index in [9.17, 15) is 9.59 Å². The van der Waals surface area contributed by atoms with Crippen molar-refractivity contribution in [3.8, 4) is 0 Å². The minimum atomic E-state index is -0.606. The van der Waals surface area contributed by atoms with Crippen LogP contribution in [0.15, 0.2) is 24.3 Å². The van der Waals surface area contributed by atoms with Crippen LogP contribution in [0, 0.1) is 0 Å². The summed E-state index contributed by atoms with van der Waals surface area (Å²) in [5, 5.41) is -0.606. The zero-order chi connectivity index (χ0) is 12.1. The molecule has 1 aromatic rings. The molecule has 1 unspecified atom stereocenters. The highest BCUT2D eigenvalue weighted by atomic mass is 35.5. The first-order valence-corrected chi connectivity index (χ1v) is 5.41. The molecule has 16 heavy (non-hydrogen) atoms. The van der Waals surface area contributed by atoms with E-state index in [1.54, 1.807) is 24.3 Å². The largest absolute Gasteiger partial charge is 0.465 e. The number of halogens is 1. The number of hydrogen-bond acceptors (Lipinski definition) is 3. The van der Waals surface area contributed by atoms with Gasteiger partial charge < -0.3 is 4.74 Å². The first-order valence-electron chi connectivity index (χ1n) is 4.97. The lowest BCUT2D eigenvalue weighted by molar-refractivity contribution is 0.0597. The molecule has 0 saturated carbocycles. The number of Topliss-reactive ketones (excluding diaryl/α,β-unsaturated/α-hetero) is 1. The van der Waals surface area contributed by atoms with Crippen molar-refractivity contribution in [1.82, 2.24) is 0 Å². The van der Waals surface area contributed by atoms with Crippen molar-refractivity contribution in [2.24, 2.45) is 0 Å². The molecular weight excluding hydrogens is 228 g/mol. The molecule has 0 radical (unpaired) electrons. The van der Waals surface area contributed by atoms with Crippen molar-refractivity contribution in [2.45, 2.75) is 18.7 Å². The maximum atomic E-state index is 11.9. The minimum Gasteiger partial charge on any atom is -0.465 e. The fourth-order valence-electron chi connectivity index (χ4n) is 1.34. The van der Waals surface area contributed by atoms with Crippen molar-refractivity contribution in [2.75, 3.05) is 7.11 Å². The molecule has 4 heteroatoms. The number of alkyl halides is 1. The summed E-state index contributed by atoms with van der Waals surface area (Å²) in [7, 11) is 1.28. The molecule has 0 fully saturated rings. The summed E-state index contributed by atoms with van der Waals surface area (Å²) in [5.74, 6) is -0.769. The molecule has 1 aromatic carbocycles. The predicted molar refractivity (Wildman–Crippen MR) is 62.0 cm³/mol. The van der Waals surface area contributed by atoms with Crippen LogP contribution in [0.25, 0.3) is 0 Å². The number of carbonyl (C=O) groups excluding carboxylic acids is 2. The quantitative estimate of drug-likeness (QED) is 0.462. The Kier molecular flexibility index (Phi) is 4.50. The van der Waals surface area contributed by atoms with Crippen LogP contribution >= 0.6 is 11.6 Å². The second-order valence-corrected chi connectivity index (χ2v) is 3.80. The van der Waals surface area contributed by atoms with Crippen molar-refractivity contribution in [3.63, 3.8) is 0 Å². The van der Waals surface area contributed by atoms with Gasteiger partial charge in [0.05, 0.1) is 18.1 Å². The van der Waals surface area contributed by atoms with Gasteiger partial charge in [-0.2, -0.15) is 0 Å². The lowest BCUT2D eigenvalue weighted by Crippen LogP contribution is -2.18. The lowest BCUT2D eigenvalue weighted by atomic mass is 10.0. The summed E-state index contributed by atoms with van der Waals surface area (Å²) >= 11 is 5.87. The molecule has 0 heterocycles. The molecule has 3 nitrogen and oxygen atoms in total. The molecule has 0 N–H and O–H groups in total. The summed E-state index contributed by atoms with van der Waals surface area (Å²) in [6, 6.07) is 6.51. The number of carbonyl (C=O) groups is 2. The maximum absolute atomic E-state index is 11.9. The van der Waals surface area contributed by atoms with Gasteiger partial charge in [-0.25, -0.2) is 4.79 Å². The molecule has 0 aromatic heterocycles. The molecule has 0 aliphatic heterocycles. The van der Waals surface area contributed by atoms with Crippen molar-refractivity contribution >= 4 is 23.4 Å². The third-order valence-electron chi connectivity index (χ3n) is 2.24. The predicted octanol–water partition coefficient (Wildman–Crippen LogP) is 2.67. The number of methoxy groups -OCH3 is 1. The Balaban J connectivity index is 3.13. The topological polar surface area (TPSA) is 43.4 Å². The van der Waals surface area contributed by atoms with E-state index in [1.165, 1.54) is 7.11 Å². The Morgan fingerprint density at radius 1 is 1.31 bits per heavy atom. The summed E-state index contributed by atoms with van der Waals surface area (Å²) in [6.45, 7) is 1.82. The second kappa shape index (κ2) is 5.66. The minimum absolute atomic E-state index is 0.245. The van der Waals surface area contributed by atoms with E-state index in [2.05, 4.69) is 4.74 Å². The molecule has 0 saturated heterocycles. The summed E-state index contributed by atoms with van der Waals surface area (Å²) in [4.78, 5) is 23.3. The number of hydrogen-bond donors (Lipinski definition) is 0. The molecule has 1 rings (SSSR count). The zero-order valence-electron chi connectivity index (χ0n) is 9.20. The summed E-state index contributed by atoms with van der Waals surface area (Å²) in [5.41, 5.74) is 0.574. The summed E-state index contributed by atoms with van der Waals surface area (Å²) in [6.07, 6.45) is 0.524. The highest BCUT2D eigenvalue weighted by molar-refractivity contribution is 6.34. The van der Waals surface area contributed by atoms with E-state index in [-0.39, 0.29) is 11.3 Å². The Bertz CT molecular complexity index is 401. The van der Waals surface area contributed by atoms with E-state index in [0.29, 0.717) is 12.0 Å². The van der Waals surface area contributed by atoms with Crippen LogP contribution in [0.2, 0.25) is 0 Å². The van der Waals surface area contributed by atoms with Gasteiger partial charge >= 0.3 is 5.97 Å². The maximum Gasteiger partial charge on any atom is 0.338 e. The number of benzene rings is 1. The smallest absolute Gasteiger partial charge is 0.338 e. The van der Waals surface area contributed by atoms with E-state index < -0.39 is 11.3 Å². The zero-order valence-corrected chi connectivity index (χ0v) is 9.95. The standard InChI is InChI=1S/C12H13ClO3/c1-3-10(13)11(14)8-6-4-5-7-9(8)12(15)16-2/h4-7,10H,3H2,1-2H3. The molecule has 0 aliphatic carbocycles. The average Bonchev–Trinajstić information content (AvgIpc) is 2.35. The number of esters is 1. The van der Waals surface area contributed by atoms with Gasteiger partial charge in [-0.15, -0.1) is 11.6 Å². The lowest BCUT2D eigenvalue weighted by Gasteiger charge is -2.09. The number of ketones is 1. The van der Waals surface area contributed by atoms with Gasteiger partial charge in [0, 0.05) is 5.56 Å². The normalized spacial score (nSPS) is 11.9. The van der Waals surface area contributed by atoms with Crippen LogP contribution in [-0.2, 0) is 4.74 Å². The first kappa shape index (κ1) is 12.7. The fraction of sp³-hybridized carbons (Fsp3) is 0.333. The molecule has 0 bridgehead atoms. The van der Waals surface area contributed by atoms with Crippen molar-refractivity contribution in [3.05, 3.63) is 35.4 Å². The highest BCUT2D eigenvalue weighted by Gasteiger charge is 2.21. The van der Waals surface area contributed by atoms with Crippen LogP contribution in [0.4, 0.5) is 0 Å². The Hall–Kier alpha value is -1.35. The van der Waals surface area contributed by atoms with Gasteiger partial charge in [0.2, 0.25) is 0 Å². The third kappa shape index (κ3) is 2.61. The SMILES string of the molecule is CCC(Cl)C(=O)c1ccccc1C(=O)OC. The van der Waals surface area contributed by atoms with Crippen LogP contribution < -0.4 is 0 Å².